The van der Waals surface area contributed by atoms with Gasteiger partial charge in [0.25, 0.3) is 0 Å². The Balaban J connectivity index is 2.64. The van der Waals surface area contributed by atoms with Crippen LogP contribution >= 0.6 is 11.8 Å². The summed E-state index contributed by atoms with van der Waals surface area (Å²) < 4.78 is 0. The fourth-order valence-corrected chi connectivity index (χ4v) is 4.12. The van der Waals surface area contributed by atoms with Crippen LogP contribution in [0.2, 0.25) is 0 Å². The highest BCUT2D eigenvalue weighted by Gasteiger charge is 2.22. The Morgan fingerprint density at radius 2 is 1.91 bits per heavy atom. The summed E-state index contributed by atoms with van der Waals surface area (Å²) in [5.41, 5.74) is 1.34. The molecular weight excluding hydrogens is 288 g/mol. The average Bonchev–Trinajstić information content (AvgIpc) is 2.56. The molecule has 22 heavy (non-hydrogen) atoms. The van der Waals surface area contributed by atoms with Gasteiger partial charge in [0.1, 0.15) is 0 Å². The standard InChI is InChI=1S/C20H32OS/c1-4-6-7-11-16-22-20(5-2)17(3)19(14-15-21)18-12-9-8-10-13-18/h5,8-10,12-13,17,19,21H,4,6-7,11,14-16H2,1-3H3/b20-5+/t17-,19+/m0/s1. The summed E-state index contributed by atoms with van der Waals surface area (Å²) in [7, 11) is 0. The molecule has 0 fully saturated rings. The van der Waals surface area contributed by atoms with Crippen molar-refractivity contribution in [2.75, 3.05) is 12.4 Å². The third-order valence-corrected chi connectivity index (χ3v) is 5.70. The minimum absolute atomic E-state index is 0.252. The quantitative estimate of drug-likeness (QED) is 0.504. The van der Waals surface area contributed by atoms with Gasteiger partial charge >= 0.3 is 0 Å². The third kappa shape index (κ3) is 6.58. The predicted molar refractivity (Wildman–Crippen MR) is 100 cm³/mol. The molecule has 124 valence electrons. The smallest absolute Gasteiger partial charge is 0.0437 e. The van der Waals surface area contributed by atoms with Gasteiger partial charge in [0.15, 0.2) is 0 Å². The first-order valence-electron chi connectivity index (χ1n) is 8.69. The van der Waals surface area contributed by atoms with E-state index in [-0.39, 0.29) is 6.61 Å². The van der Waals surface area contributed by atoms with Gasteiger partial charge in [-0.25, -0.2) is 0 Å². The maximum atomic E-state index is 9.45. The van der Waals surface area contributed by atoms with Crippen LogP contribution in [-0.2, 0) is 0 Å². The molecule has 0 aliphatic rings. The van der Waals surface area contributed by atoms with Crippen molar-refractivity contribution in [2.45, 2.75) is 58.8 Å². The van der Waals surface area contributed by atoms with Gasteiger partial charge in [-0.3, -0.25) is 0 Å². The van der Waals surface area contributed by atoms with E-state index < -0.39 is 0 Å². The lowest BCUT2D eigenvalue weighted by atomic mass is 9.84. The van der Waals surface area contributed by atoms with E-state index in [0.717, 1.165) is 6.42 Å². The molecule has 2 heteroatoms. The van der Waals surface area contributed by atoms with Crippen LogP contribution in [0.5, 0.6) is 0 Å². The van der Waals surface area contributed by atoms with Crippen molar-refractivity contribution in [1.82, 2.24) is 0 Å². The van der Waals surface area contributed by atoms with Crippen LogP contribution in [0, 0.1) is 5.92 Å². The molecule has 0 unspecified atom stereocenters. The van der Waals surface area contributed by atoms with E-state index >= 15 is 0 Å². The zero-order valence-corrected chi connectivity index (χ0v) is 15.2. The van der Waals surface area contributed by atoms with Gasteiger partial charge in [0.05, 0.1) is 0 Å². The monoisotopic (exact) mass is 320 g/mol. The summed E-state index contributed by atoms with van der Waals surface area (Å²) in [6.45, 7) is 6.96. The molecule has 1 rings (SSSR count). The van der Waals surface area contributed by atoms with E-state index in [1.807, 2.05) is 11.8 Å². The van der Waals surface area contributed by atoms with Gasteiger partial charge < -0.3 is 5.11 Å². The van der Waals surface area contributed by atoms with Crippen molar-refractivity contribution in [3.8, 4) is 0 Å². The van der Waals surface area contributed by atoms with Gasteiger partial charge in [0, 0.05) is 6.61 Å². The van der Waals surface area contributed by atoms with Crippen molar-refractivity contribution in [3.05, 3.63) is 46.9 Å². The van der Waals surface area contributed by atoms with Crippen molar-refractivity contribution >= 4 is 11.8 Å². The van der Waals surface area contributed by atoms with Crippen LogP contribution in [0.15, 0.2) is 41.3 Å². The summed E-state index contributed by atoms with van der Waals surface area (Å²) in [6, 6.07) is 10.6. The second kappa shape index (κ2) is 11.8. The maximum Gasteiger partial charge on any atom is 0.0437 e. The zero-order chi connectivity index (χ0) is 16.2. The molecule has 0 heterocycles. The van der Waals surface area contributed by atoms with Crippen molar-refractivity contribution < 1.29 is 5.11 Å². The molecule has 0 spiro atoms. The van der Waals surface area contributed by atoms with Gasteiger partial charge in [0.2, 0.25) is 0 Å². The Bertz CT molecular complexity index is 413. The van der Waals surface area contributed by atoms with E-state index in [1.165, 1.54) is 41.9 Å². The van der Waals surface area contributed by atoms with Crippen LogP contribution in [0.1, 0.15) is 64.4 Å². The van der Waals surface area contributed by atoms with E-state index in [1.54, 1.807) is 0 Å². The summed E-state index contributed by atoms with van der Waals surface area (Å²) in [4.78, 5) is 1.47. The van der Waals surface area contributed by atoms with Crippen molar-refractivity contribution in [1.29, 1.82) is 0 Å². The van der Waals surface area contributed by atoms with Crippen LogP contribution in [0.25, 0.3) is 0 Å². The number of rotatable bonds is 11. The molecule has 0 bridgehead atoms. The molecule has 0 saturated carbocycles. The summed E-state index contributed by atoms with van der Waals surface area (Å²) >= 11 is 2.01. The fourth-order valence-electron chi connectivity index (χ4n) is 2.94. The van der Waals surface area contributed by atoms with Crippen LogP contribution in [0.4, 0.5) is 0 Å². The molecule has 2 atom stereocenters. The largest absolute Gasteiger partial charge is 0.396 e. The molecular formula is C20H32OS. The minimum atomic E-state index is 0.252. The number of aliphatic hydroxyl groups excluding tert-OH is 1. The number of allylic oxidation sites excluding steroid dienone is 2. The minimum Gasteiger partial charge on any atom is -0.396 e. The predicted octanol–water partition coefficient (Wildman–Crippen LogP) is 6.01. The number of benzene rings is 1. The normalized spacial score (nSPS) is 14.8. The zero-order valence-electron chi connectivity index (χ0n) is 14.4. The third-order valence-electron chi connectivity index (χ3n) is 4.27. The average molecular weight is 321 g/mol. The Labute approximate surface area is 141 Å². The Morgan fingerprint density at radius 1 is 1.18 bits per heavy atom. The van der Waals surface area contributed by atoms with Crippen LogP contribution < -0.4 is 0 Å². The lowest BCUT2D eigenvalue weighted by Gasteiger charge is -2.26. The maximum absolute atomic E-state index is 9.45. The molecule has 0 aromatic heterocycles. The van der Waals surface area contributed by atoms with E-state index in [9.17, 15) is 5.11 Å². The Hall–Kier alpha value is -0.730. The van der Waals surface area contributed by atoms with Crippen molar-refractivity contribution in [2.24, 2.45) is 5.92 Å². The van der Waals surface area contributed by atoms with E-state index in [4.69, 9.17) is 0 Å². The van der Waals surface area contributed by atoms with E-state index in [2.05, 4.69) is 57.2 Å². The number of thioether (sulfide) groups is 1. The molecule has 1 N–H and O–H groups in total. The SMILES string of the molecule is C/C=C(/SCCCCCC)[C@@H](C)[C@@H](CCO)c1ccccc1. The Morgan fingerprint density at radius 3 is 2.50 bits per heavy atom. The summed E-state index contributed by atoms with van der Waals surface area (Å²) in [5.74, 6) is 2.08. The molecule has 1 aromatic carbocycles. The summed E-state index contributed by atoms with van der Waals surface area (Å²) in [5, 5.41) is 9.45. The highest BCUT2D eigenvalue weighted by atomic mass is 32.2. The van der Waals surface area contributed by atoms with Crippen LogP contribution in [-0.4, -0.2) is 17.5 Å². The van der Waals surface area contributed by atoms with E-state index in [0.29, 0.717) is 11.8 Å². The number of aliphatic hydroxyl groups is 1. The molecule has 1 nitrogen and oxygen atoms in total. The summed E-state index contributed by atoms with van der Waals surface area (Å²) in [6.07, 6.45) is 8.39. The van der Waals surface area contributed by atoms with Gasteiger partial charge in [-0.05, 0) is 47.8 Å². The molecule has 0 amide bonds. The molecule has 0 aliphatic heterocycles. The molecule has 0 aliphatic carbocycles. The Kier molecular flexibility index (Phi) is 10.3. The van der Waals surface area contributed by atoms with Gasteiger partial charge in [-0.15, -0.1) is 11.8 Å². The van der Waals surface area contributed by atoms with Gasteiger partial charge in [-0.1, -0.05) is 69.5 Å². The first kappa shape index (κ1) is 19.3. The highest BCUT2D eigenvalue weighted by Crippen LogP contribution is 2.37. The molecule has 1 aromatic rings. The fraction of sp³-hybridized carbons (Fsp3) is 0.600. The number of hydrogen-bond acceptors (Lipinski definition) is 2. The molecule has 0 saturated heterocycles. The lowest BCUT2D eigenvalue weighted by Crippen LogP contribution is -2.13. The topological polar surface area (TPSA) is 20.2 Å². The highest BCUT2D eigenvalue weighted by molar-refractivity contribution is 8.03. The first-order chi connectivity index (χ1) is 10.7. The second-order valence-electron chi connectivity index (χ2n) is 5.92. The molecule has 0 radical (unpaired) electrons. The second-order valence-corrected chi connectivity index (χ2v) is 7.09. The lowest BCUT2D eigenvalue weighted by molar-refractivity contribution is 0.265. The number of unbranched alkanes of at least 4 members (excludes halogenated alkanes) is 3. The number of hydrogen-bond donors (Lipinski definition) is 1. The van der Waals surface area contributed by atoms with Gasteiger partial charge in [-0.2, -0.15) is 0 Å². The first-order valence-corrected chi connectivity index (χ1v) is 9.67. The van der Waals surface area contributed by atoms with Crippen LogP contribution in [0.3, 0.4) is 0 Å². The van der Waals surface area contributed by atoms with Crippen molar-refractivity contribution in [3.63, 3.8) is 0 Å².